The van der Waals surface area contributed by atoms with Crippen molar-refractivity contribution in [1.29, 1.82) is 0 Å². The minimum Gasteiger partial charge on any atom is -0.493 e. The van der Waals surface area contributed by atoms with Gasteiger partial charge in [0, 0.05) is 10.9 Å². The van der Waals surface area contributed by atoms with Crippen molar-refractivity contribution in [3.8, 4) is 17.4 Å². The molecule has 0 aliphatic carbocycles. The number of para-hydroxylation sites is 1. The second kappa shape index (κ2) is 9.18. The molecular weight excluding hydrogens is 396 g/mol. The Kier molecular flexibility index (Phi) is 6.18. The van der Waals surface area contributed by atoms with Gasteiger partial charge in [-0.3, -0.25) is 14.3 Å². The number of hydrogen-bond donors (Lipinski definition) is 1. The molecule has 3 aromatic rings. The SMILES string of the molecule is COc1ccc(C(=O)N=Nc2c(O)n(CN3CCCCC3)c3ccccc23)cc1OC. The van der Waals surface area contributed by atoms with E-state index in [2.05, 4.69) is 15.1 Å². The van der Waals surface area contributed by atoms with Crippen LogP contribution in [0.3, 0.4) is 0 Å². The van der Waals surface area contributed by atoms with Gasteiger partial charge in [0.2, 0.25) is 5.88 Å². The van der Waals surface area contributed by atoms with Crippen LogP contribution in [0.5, 0.6) is 17.4 Å². The molecule has 8 heteroatoms. The maximum Gasteiger partial charge on any atom is 0.295 e. The highest BCUT2D eigenvalue weighted by atomic mass is 16.5. The molecule has 1 aliphatic heterocycles. The number of aromatic nitrogens is 1. The largest absolute Gasteiger partial charge is 0.493 e. The van der Waals surface area contributed by atoms with Gasteiger partial charge in [-0.1, -0.05) is 24.6 Å². The number of hydrogen-bond acceptors (Lipinski definition) is 6. The van der Waals surface area contributed by atoms with Crippen molar-refractivity contribution in [3.05, 3.63) is 48.0 Å². The summed E-state index contributed by atoms with van der Waals surface area (Å²) in [5.74, 6) is 0.433. The molecule has 2 heterocycles. The van der Waals surface area contributed by atoms with Crippen molar-refractivity contribution in [2.75, 3.05) is 27.3 Å². The second-order valence-electron chi connectivity index (χ2n) is 7.51. The molecule has 1 fully saturated rings. The standard InChI is InChI=1S/C23H26N4O4/c1-30-19-11-10-16(14-20(19)31-2)22(28)25-24-21-17-8-4-5-9-18(17)27(23(21)29)15-26-12-6-3-7-13-26/h4-5,8-11,14,29H,3,6-7,12-13,15H2,1-2H3. The maximum atomic E-state index is 12.6. The van der Waals surface area contributed by atoms with Crippen LogP contribution >= 0.6 is 0 Å². The van der Waals surface area contributed by atoms with E-state index >= 15 is 0 Å². The van der Waals surface area contributed by atoms with Gasteiger partial charge < -0.3 is 14.6 Å². The number of likely N-dealkylation sites (tertiary alicyclic amines) is 1. The number of rotatable bonds is 6. The lowest BCUT2D eigenvalue weighted by molar-refractivity contribution is 0.0994. The van der Waals surface area contributed by atoms with Crippen LogP contribution in [0.25, 0.3) is 10.9 Å². The number of benzene rings is 2. The lowest BCUT2D eigenvalue weighted by atomic mass is 10.1. The first kappa shape index (κ1) is 20.9. The van der Waals surface area contributed by atoms with Crippen LogP contribution in [0.2, 0.25) is 0 Å². The lowest BCUT2D eigenvalue weighted by Gasteiger charge is -2.27. The molecule has 0 saturated carbocycles. The molecule has 1 amide bonds. The number of carbonyl (C=O) groups is 1. The van der Waals surface area contributed by atoms with Crippen molar-refractivity contribution in [1.82, 2.24) is 9.47 Å². The third-order valence-electron chi connectivity index (χ3n) is 5.58. The number of azo groups is 1. The van der Waals surface area contributed by atoms with Gasteiger partial charge in [-0.2, -0.15) is 0 Å². The molecule has 31 heavy (non-hydrogen) atoms. The van der Waals surface area contributed by atoms with E-state index in [1.165, 1.54) is 20.6 Å². The zero-order chi connectivity index (χ0) is 21.8. The van der Waals surface area contributed by atoms with Crippen LogP contribution in [0.4, 0.5) is 5.69 Å². The number of carbonyl (C=O) groups excluding carboxylic acids is 1. The third kappa shape index (κ3) is 4.25. The number of nitrogens with zero attached hydrogens (tertiary/aromatic N) is 4. The summed E-state index contributed by atoms with van der Waals surface area (Å²) < 4.78 is 12.3. The van der Waals surface area contributed by atoms with Gasteiger partial charge in [0.05, 0.1) is 26.4 Å². The van der Waals surface area contributed by atoms with Gasteiger partial charge in [-0.15, -0.1) is 10.2 Å². The second-order valence-corrected chi connectivity index (χ2v) is 7.51. The fourth-order valence-electron chi connectivity index (χ4n) is 3.94. The highest BCUT2D eigenvalue weighted by molar-refractivity contribution is 5.97. The molecule has 0 bridgehead atoms. The molecule has 0 unspecified atom stereocenters. The van der Waals surface area contributed by atoms with E-state index in [0.29, 0.717) is 29.4 Å². The molecule has 1 aromatic heterocycles. The summed E-state index contributed by atoms with van der Waals surface area (Å²) in [6, 6.07) is 12.4. The summed E-state index contributed by atoms with van der Waals surface area (Å²) in [6.07, 6.45) is 3.56. The quantitative estimate of drug-likeness (QED) is 0.580. The van der Waals surface area contributed by atoms with Gasteiger partial charge in [0.15, 0.2) is 17.2 Å². The Morgan fingerprint density at radius 2 is 1.77 bits per heavy atom. The summed E-state index contributed by atoms with van der Waals surface area (Å²) in [5.41, 5.74) is 1.47. The maximum absolute atomic E-state index is 12.6. The smallest absolute Gasteiger partial charge is 0.295 e. The van der Waals surface area contributed by atoms with E-state index in [0.717, 1.165) is 36.8 Å². The predicted octanol–water partition coefficient (Wildman–Crippen LogP) is 4.73. The predicted molar refractivity (Wildman–Crippen MR) is 117 cm³/mol. The van der Waals surface area contributed by atoms with E-state index in [1.54, 1.807) is 18.2 Å². The van der Waals surface area contributed by atoms with Gasteiger partial charge in [-0.25, -0.2) is 0 Å². The minimum absolute atomic E-state index is 0.00985. The van der Waals surface area contributed by atoms with Crippen LogP contribution in [0, 0.1) is 0 Å². The number of aromatic hydroxyl groups is 1. The van der Waals surface area contributed by atoms with Crippen molar-refractivity contribution in [3.63, 3.8) is 0 Å². The third-order valence-corrected chi connectivity index (χ3v) is 5.58. The fraction of sp³-hybridized carbons (Fsp3) is 0.348. The average molecular weight is 422 g/mol. The molecule has 0 radical (unpaired) electrons. The normalized spacial score (nSPS) is 14.9. The molecule has 1 aliphatic rings. The Balaban J connectivity index is 1.64. The molecule has 1 saturated heterocycles. The minimum atomic E-state index is -0.534. The highest BCUT2D eigenvalue weighted by Gasteiger charge is 2.20. The number of amides is 1. The lowest BCUT2D eigenvalue weighted by Crippen LogP contribution is -2.31. The molecule has 8 nitrogen and oxygen atoms in total. The zero-order valence-electron chi connectivity index (χ0n) is 17.7. The summed E-state index contributed by atoms with van der Waals surface area (Å²) in [6.45, 7) is 2.58. The monoisotopic (exact) mass is 422 g/mol. The Morgan fingerprint density at radius 1 is 1.03 bits per heavy atom. The van der Waals surface area contributed by atoms with E-state index < -0.39 is 5.91 Å². The topological polar surface area (TPSA) is 88.7 Å². The molecular formula is C23H26N4O4. The van der Waals surface area contributed by atoms with Gasteiger partial charge in [0.1, 0.15) is 0 Å². The molecule has 1 N–H and O–H groups in total. The van der Waals surface area contributed by atoms with Gasteiger partial charge in [0.25, 0.3) is 5.91 Å². The summed E-state index contributed by atoms with van der Waals surface area (Å²) in [5, 5.41) is 19.7. The average Bonchev–Trinajstić information content (AvgIpc) is 3.08. The summed E-state index contributed by atoms with van der Waals surface area (Å²) >= 11 is 0. The number of piperidine rings is 1. The zero-order valence-corrected chi connectivity index (χ0v) is 17.7. The summed E-state index contributed by atoms with van der Waals surface area (Å²) in [7, 11) is 3.03. The van der Waals surface area contributed by atoms with Crippen LogP contribution in [0.1, 0.15) is 29.6 Å². The van der Waals surface area contributed by atoms with Crippen molar-refractivity contribution in [2.45, 2.75) is 25.9 Å². The molecule has 0 atom stereocenters. The molecule has 0 spiro atoms. The first-order valence-corrected chi connectivity index (χ1v) is 10.3. The van der Waals surface area contributed by atoms with Gasteiger partial charge in [-0.05, 0) is 50.2 Å². The Labute approximate surface area is 180 Å². The van der Waals surface area contributed by atoms with E-state index in [9.17, 15) is 9.90 Å². The van der Waals surface area contributed by atoms with Crippen molar-refractivity contribution < 1.29 is 19.4 Å². The Hall–Kier alpha value is -3.39. The van der Waals surface area contributed by atoms with E-state index in [4.69, 9.17) is 9.47 Å². The van der Waals surface area contributed by atoms with Crippen LogP contribution < -0.4 is 9.47 Å². The van der Waals surface area contributed by atoms with Gasteiger partial charge >= 0.3 is 0 Å². The molecule has 2 aromatic carbocycles. The Morgan fingerprint density at radius 3 is 2.52 bits per heavy atom. The van der Waals surface area contributed by atoms with Crippen LogP contribution in [-0.2, 0) is 6.67 Å². The van der Waals surface area contributed by atoms with Crippen LogP contribution in [-0.4, -0.2) is 47.8 Å². The number of fused-ring (bicyclic) bond motifs is 1. The van der Waals surface area contributed by atoms with Crippen molar-refractivity contribution in [2.24, 2.45) is 10.2 Å². The van der Waals surface area contributed by atoms with Crippen molar-refractivity contribution >= 4 is 22.5 Å². The number of ether oxygens (including phenoxy) is 2. The molecule has 4 rings (SSSR count). The summed E-state index contributed by atoms with van der Waals surface area (Å²) in [4.78, 5) is 14.9. The Bertz CT molecular complexity index is 1120. The fourth-order valence-corrected chi connectivity index (χ4v) is 3.94. The first-order valence-electron chi connectivity index (χ1n) is 10.3. The van der Waals surface area contributed by atoms with E-state index in [-0.39, 0.29) is 5.88 Å². The highest BCUT2D eigenvalue weighted by Crippen LogP contribution is 2.39. The first-order chi connectivity index (χ1) is 15.1. The molecule has 162 valence electrons. The van der Waals surface area contributed by atoms with E-state index in [1.807, 2.05) is 28.8 Å². The number of methoxy groups -OCH3 is 2. The van der Waals surface area contributed by atoms with Crippen LogP contribution in [0.15, 0.2) is 52.7 Å².